The van der Waals surface area contributed by atoms with Crippen LogP contribution in [0, 0.1) is 0 Å². The van der Waals surface area contributed by atoms with E-state index < -0.39 is 5.97 Å². The lowest BCUT2D eigenvalue weighted by molar-refractivity contribution is -0.137. The Labute approximate surface area is 109 Å². The molecule has 1 saturated heterocycles. The van der Waals surface area contributed by atoms with Crippen molar-refractivity contribution in [2.45, 2.75) is 44.3 Å². The zero-order chi connectivity index (χ0) is 12.9. The van der Waals surface area contributed by atoms with Crippen LogP contribution in [-0.2, 0) is 17.8 Å². The third-order valence-electron chi connectivity index (χ3n) is 4.15. The Morgan fingerprint density at radius 3 is 3.00 bits per heavy atom. The first kappa shape index (κ1) is 11.9. The molecule has 1 fully saturated rings. The molecular weight excluding hydrogens is 252 g/mol. The molecule has 2 bridgehead atoms. The Balaban J connectivity index is 1.97. The van der Waals surface area contributed by atoms with Crippen LogP contribution in [0.2, 0.25) is 0 Å². The van der Waals surface area contributed by atoms with E-state index in [1.807, 2.05) is 0 Å². The molecule has 2 aliphatic rings. The number of carbonyl (C=O) groups is 1. The lowest BCUT2D eigenvalue weighted by Crippen LogP contribution is -2.35. The first-order valence-electron chi connectivity index (χ1n) is 6.24. The van der Waals surface area contributed by atoms with Gasteiger partial charge in [-0.05, 0) is 19.9 Å². The largest absolute Gasteiger partial charge is 0.481 e. The molecule has 98 valence electrons. The van der Waals surface area contributed by atoms with Crippen molar-refractivity contribution in [3.63, 3.8) is 0 Å². The summed E-state index contributed by atoms with van der Waals surface area (Å²) in [6, 6.07) is 0.898. The molecule has 2 aliphatic heterocycles. The average Bonchev–Trinajstić information content (AvgIpc) is 2.73. The normalized spacial score (nSPS) is 26.3. The lowest BCUT2D eigenvalue weighted by Gasteiger charge is -2.31. The molecule has 1 N–H and O–H groups in total. The van der Waals surface area contributed by atoms with Gasteiger partial charge in [0.05, 0.1) is 6.42 Å². The van der Waals surface area contributed by atoms with Gasteiger partial charge in [0.15, 0.2) is 0 Å². The number of fused-ring (bicyclic) bond motifs is 4. The van der Waals surface area contributed by atoms with Gasteiger partial charge in [0, 0.05) is 35.6 Å². The Morgan fingerprint density at radius 1 is 1.50 bits per heavy atom. The molecule has 0 radical (unpaired) electrons. The molecule has 2 unspecified atom stereocenters. The fraction of sp³-hybridized carbons (Fsp3) is 0.667. The summed E-state index contributed by atoms with van der Waals surface area (Å²) in [7, 11) is 2.12. The number of hydrogen-bond acceptors (Lipinski definition) is 4. The van der Waals surface area contributed by atoms with Gasteiger partial charge in [-0.3, -0.25) is 14.5 Å². The highest BCUT2D eigenvalue weighted by atomic mass is 32.1. The van der Waals surface area contributed by atoms with Crippen LogP contribution in [0.25, 0.3) is 0 Å². The molecule has 0 aromatic carbocycles. The summed E-state index contributed by atoms with van der Waals surface area (Å²) < 4.78 is 1.69. The molecule has 0 spiro atoms. The van der Waals surface area contributed by atoms with Crippen molar-refractivity contribution in [3.8, 4) is 0 Å². The molecule has 1 aromatic heterocycles. The number of rotatable bonds is 3. The van der Waals surface area contributed by atoms with Gasteiger partial charge in [0.25, 0.3) is 0 Å². The summed E-state index contributed by atoms with van der Waals surface area (Å²) in [4.78, 5) is 26.1. The van der Waals surface area contributed by atoms with Crippen molar-refractivity contribution in [3.05, 3.63) is 20.2 Å². The third kappa shape index (κ3) is 1.71. The zero-order valence-electron chi connectivity index (χ0n) is 10.3. The molecule has 2 atom stereocenters. The number of likely N-dealkylation sites (N-methyl/N-ethyl adjacent to an activating group) is 1. The van der Waals surface area contributed by atoms with E-state index in [9.17, 15) is 9.59 Å². The van der Waals surface area contributed by atoms with Gasteiger partial charge in [-0.15, -0.1) is 0 Å². The summed E-state index contributed by atoms with van der Waals surface area (Å²) in [6.45, 7) is 0.309. The van der Waals surface area contributed by atoms with E-state index in [0.29, 0.717) is 18.6 Å². The summed E-state index contributed by atoms with van der Waals surface area (Å²) >= 11 is 1.30. The van der Waals surface area contributed by atoms with Crippen LogP contribution in [-0.4, -0.2) is 33.6 Å². The number of nitrogens with zero attached hydrogens (tertiary/aromatic N) is 2. The molecule has 0 saturated carbocycles. The minimum Gasteiger partial charge on any atom is -0.481 e. The van der Waals surface area contributed by atoms with Crippen LogP contribution < -0.4 is 4.87 Å². The van der Waals surface area contributed by atoms with E-state index in [-0.39, 0.29) is 11.3 Å². The predicted octanol–water partition coefficient (Wildman–Crippen LogP) is 1.08. The van der Waals surface area contributed by atoms with Gasteiger partial charge < -0.3 is 9.67 Å². The van der Waals surface area contributed by atoms with Crippen molar-refractivity contribution < 1.29 is 9.90 Å². The topological polar surface area (TPSA) is 62.5 Å². The van der Waals surface area contributed by atoms with Crippen LogP contribution in [0.5, 0.6) is 0 Å². The second kappa shape index (κ2) is 4.20. The smallest absolute Gasteiger partial charge is 0.307 e. The van der Waals surface area contributed by atoms with Crippen LogP contribution in [0.15, 0.2) is 4.79 Å². The minimum absolute atomic E-state index is 0.00204. The highest BCUT2D eigenvalue weighted by Crippen LogP contribution is 2.43. The van der Waals surface area contributed by atoms with Crippen molar-refractivity contribution >= 4 is 17.3 Å². The van der Waals surface area contributed by atoms with Crippen LogP contribution in [0.3, 0.4) is 0 Å². The first-order valence-corrected chi connectivity index (χ1v) is 7.05. The fourth-order valence-corrected chi connectivity index (χ4v) is 4.38. The maximum absolute atomic E-state index is 12.0. The third-order valence-corrected chi connectivity index (χ3v) is 5.27. The molecule has 3 heterocycles. The monoisotopic (exact) mass is 268 g/mol. The Bertz CT molecular complexity index is 548. The van der Waals surface area contributed by atoms with Gasteiger partial charge in [-0.2, -0.15) is 0 Å². The Morgan fingerprint density at radius 2 is 2.28 bits per heavy atom. The molecule has 0 amide bonds. The number of carboxylic acid groups (broad SMARTS) is 1. The summed E-state index contributed by atoms with van der Waals surface area (Å²) in [5.41, 5.74) is 1.09. The summed E-state index contributed by atoms with van der Waals surface area (Å²) in [6.07, 6.45) is 3.21. The first-order chi connectivity index (χ1) is 8.58. The zero-order valence-corrected chi connectivity index (χ0v) is 11.1. The quantitative estimate of drug-likeness (QED) is 0.891. The molecule has 1 aromatic rings. The lowest BCUT2D eigenvalue weighted by atomic mass is 10.1. The van der Waals surface area contributed by atoms with E-state index in [2.05, 4.69) is 11.9 Å². The summed E-state index contributed by atoms with van der Waals surface area (Å²) in [5.74, 6) is -0.849. The van der Waals surface area contributed by atoms with Gasteiger partial charge in [-0.25, -0.2) is 0 Å². The second-order valence-electron chi connectivity index (χ2n) is 5.09. The molecule has 3 rings (SSSR count). The number of thiazole rings is 1. The van der Waals surface area contributed by atoms with E-state index in [0.717, 1.165) is 18.5 Å². The maximum atomic E-state index is 12.0. The van der Waals surface area contributed by atoms with Gasteiger partial charge in [0.2, 0.25) is 0 Å². The van der Waals surface area contributed by atoms with Crippen LogP contribution in [0.1, 0.15) is 35.9 Å². The molecular formula is C12H16N2O3S. The van der Waals surface area contributed by atoms with E-state index >= 15 is 0 Å². The number of hydrogen-bond donors (Lipinski definition) is 1. The van der Waals surface area contributed by atoms with Crippen molar-refractivity contribution in [2.75, 3.05) is 7.05 Å². The van der Waals surface area contributed by atoms with Crippen molar-refractivity contribution in [2.24, 2.45) is 0 Å². The van der Waals surface area contributed by atoms with Crippen molar-refractivity contribution in [1.29, 1.82) is 0 Å². The second-order valence-corrected chi connectivity index (χ2v) is 6.08. The van der Waals surface area contributed by atoms with E-state index in [1.165, 1.54) is 22.6 Å². The van der Waals surface area contributed by atoms with Gasteiger partial charge in [0.1, 0.15) is 0 Å². The van der Waals surface area contributed by atoms with Crippen molar-refractivity contribution in [1.82, 2.24) is 9.47 Å². The molecule has 18 heavy (non-hydrogen) atoms. The highest BCUT2D eigenvalue weighted by Gasteiger charge is 2.40. The SMILES string of the molecule is CN1C2CCC1c1sc(=O)n(CCC(=O)O)c1C2. The highest BCUT2D eigenvalue weighted by molar-refractivity contribution is 7.09. The fourth-order valence-electron chi connectivity index (χ4n) is 3.15. The molecule has 0 aliphatic carbocycles. The number of aromatic nitrogens is 1. The Kier molecular flexibility index (Phi) is 2.79. The number of aliphatic carboxylic acids is 1. The predicted molar refractivity (Wildman–Crippen MR) is 68.1 cm³/mol. The Hall–Kier alpha value is -1.14. The van der Waals surface area contributed by atoms with Crippen LogP contribution >= 0.6 is 11.3 Å². The molecule has 5 nitrogen and oxygen atoms in total. The standard InChI is InChI=1S/C12H16N2O3S/c1-13-7-2-3-8(13)11-9(6-7)14(12(17)18-11)5-4-10(15)16/h7-8H,2-6H2,1H3,(H,15,16). The molecule has 6 heteroatoms. The van der Waals surface area contributed by atoms with Crippen LogP contribution in [0.4, 0.5) is 0 Å². The minimum atomic E-state index is -0.849. The van der Waals surface area contributed by atoms with E-state index in [1.54, 1.807) is 4.57 Å². The number of carboxylic acids is 1. The van der Waals surface area contributed by atoms with E-state index in [4.69, 9.17) is 5.11 Å². The van der Waals surface area contributed by atoms with Gasteiger partial charge in [-0.1, -0.05) is 11.3 Å². The summed E-state index contributed by atoms with van der Waals surface area (Å²) in [5, 5.41) is 8.75. The van der Waals surface area contributed by atoms with Gasteiger partial charge >= 0.3 is 10.8 Å². The average molecular weight is 268 g/mol. The maximum Gasteiger partial charge on any atom is 0.307 e.